The predicted molar refractivity (Wildman–Crippen MR) is 61.6 cm³/mol. The largest absolute Gasteiger partial charge is 0.0773 e. The van der Waals surface area contributed by atoms with Gasteiger partial charge in [-0.2, -0.15) is 0 Å². The van der Waals surface area contributed by atoms with E-state index in [1.165, 1.54) is 6.42 Å². The molecule has 0 saturated carbocycles. The molecule has 2 aliphatic carbocycles. The summed E-state index contributed by atoms with van der Waals surface area (Å²) in [6.07, 6.45) is 20.1. The number of rotatable bonds is 4. The van der Waals surface area contributed by atoms with Crippen LogP contribution in [0.3, 0.4) is 0 Å². The third-order valence-electron chi connectivity index (χ3n) is 3.08. The van der Waals surface area contributed by atoms with Crippen LogP contribution in [-0.2, 0) is 0 Å². The van der Waals surface area contributed by atoms with E-state index in [0.717, 1.165) is 6.42 Å². The van der Waals surface area contributed by atoms with Crippen LogP contribution in [0.1, 0.15) is 12.8 Å². The van der Waals surface area contributed by atoms with Crippen molar-refractivity contribution in [2.24, 2.45) is 17.8 Å². The molecule has 0 nitrogen and oxygen atoms in total. The summed E-state index contributed by atoms with van der Waals surface area (Å²) in [7, 11) is 0. The van der Waals surface area contributed by atoms with Crippen LogP contribution < -0.4 is 0 Å². The molecule has 2 aliphatic rings. The Morgan fingerprint density at radius 2 is 1.29 bits per heavy atom. The second kappa shape index (κ2) is 4.45. The van der Waals surface area contributed by atoms with E-state index in [9.17, 15) is 0 Å². The molecule has 14 heavy (non-hydrogen) atoms. The second-order valence-electron chi connectivity index (χ2n) is 4.00. The van der Waals surface area contributed by atoms with Gasteiger partial charge in [-0.15, -0.1) is 0 Å². The zero-order valence-electron chi connectivity index (χ0n) is 8.47. The minimum Gasteiger partial charge on any atom is -0.0773 e. The Hall–Kier alpha value is -1.04. The van der Waals surface area contributed by atoms with Crippen molar-refractivity contribution in [1.82, 2.24) is 0 Å². The van der Waals surface area contributed by atoms with Gasteiger partial charge < -0.3 is 0 Å². The molecule has 0 heterocycles. The maximum Gasteiger partial charge on any atom is -0.00103 e. The highest BCUT2D eigenvalue weighted by molar-refractivity contribution is 5.24. The smallest absolute Gasteiger partial charge is 0.00103 e. The topological polar surface area (TPSA) is 0 Å². The maximum absolute atomic E-state index is 3.97. The zero-order chi connectivity index (χ0) is 9.80. The first-order chi connectivity index (χ1) is 6.92. The van der Waals surface area contributed by atoms with Crippen molar-refractivity contribution in [2.75, 3.05) is 0 Å². The van der Waals surface area contributed by atoms with E-state index in [0.29, 0.717) is 17.8 Å². The summed E-state index contributed by atoms with van der Waals surface area (Å²) < 4.78 is 0. The summed E-state index contributed by atoms with van der Waals surface area (Å²) in [5.74, 6) is 1.95. The maximum atomic E-state index is 3.97. The molecule has 0 amide bonds. The van der Waals surface area contributed by atoms with Gasteiger partial charge in [0.25, 0.3) is 0 Å². The zero-order valence-corrected chi connectivity index (χ0v) is 8.47. The quantitative estimate of drug-likeness (QED) is 0.626. The highest BCUT2D eigenvalue weighted by Crippen LogP contribution is 2.33. The lowest BCUT2D eigenvalue weighted by Crippen LogP contribution is -2.17. The molecule has 73 valence electrons. The fourth-order valence-electron chi connectivity index (χ4n) is 2.35. The van der Waals surface area contributed by atoms with Crippen LogP contribution in [-0.4, -0.2) is 0 Å². The van der Waals surface area contributed by atoms with Crippen molar-refractivity contribution >= 4 is 0 Å². The third-order valence-corrected chi connectivity index (χ3v) is 3.08. The van der Waals surface area contributed by atoms with E-state index in [-0.39, 0.29) is 0 Å². The summed E-state index contributed by atoms with van der Waals surface area (Å²) in [6, 6.07) is 0. The predicted octanol–water partition coefficient (Wildman–Crippen LogP) is 3.70. The Balaban J connectivity index is 2.06. The highest BCUT2D eigenvalue weighted by atomic mass is 14.3. The fraction of sp³-hybridized carbons (Fsp3) is 0.357. The highest BCUT2D eigenvalue weighted by Gasteiger charge is 2.24. The lowest BCUT2D eigenvalue weighted by Gasteiger charge is -2.24. The first-order valence-electron chi connectivity index (χ1n) is 5.41. The molecule has 2 rings (SSSR count). The molecule has 0 atom stereocenters. The van der Waals surface area contributed by atoms with Gasteiger partial charge in [0.2, 0.25) is 0 Å². The van der Waals surface area contributed by atoms with Crippen molar-refractivity contribution in [2.45, 2.75) is 12.8 Å². The Labute approximate surface area is 86.7 Å². The van der Waals surface area contributed by atoms with Gasteiger partial charge in [0.15, 0.2) is 0 Å². The van der Waals surface area contributed by atoms with Crippen LogP contribution in [0.25, 0.3) is 0 Å². The van der Waals surface area contributed by atoms with Gasteiger partial charge in [0, 0.05) is 0 Å². The van der Waals surface area contributed by atoms with Crippen LogP contribution in [0.15, 0.2) is 48.6 Å². The normalized spacial score (nSPS) is 20.7. The molecule has 0 N–H and O–H groups in total. The van der Waals surface area contributed by atoms with Crippen molar-refractivity contribution in [3.63, 3.8) is 0 Å². The molecule has 0 saturated heterocycles. The van der Waals surface area contributed by atoms with Gasteiger partial charge in [-0.3, -0.25) is 0 Å². The average Bonchev–Trinajstić information content (AvgIpc) is 2.87. The Morgan fingerprint density at radius 3 is 1.64 bits per heavy atom. The van der Waals surface area contributed by atoms with E-state index in [1.807, 2.05) is 0 Å². The van der Waals surface area contributed by atoms with E-state index >= 15 is 0 Å². The van der Waals surface area contributed by atoms with Gasteiger partial charge in [-0.1, -0.05) is 62.0 Å². The molecule has 0 aliphatic heterocycles. The second-order valence-corrected chi connectivity index (χ2v) is 4.00. The number of hydrogen-bond donors (Lipinski definition) is 0. The fourth-order valence-corrected chi connectivity index (χ4v) is 2.35. The molecule has 0 unspecified atom stereocenters. The van der Waals surface area contributed by atoms with Crippen molar-refractivity contribution < 1.29 is 0 Å². The van der Waals surface area contributed by atoms with Gasteiger partial charge >= 0.3 is 0 Å². The standard InChI is InChI=1S/C14H17/c1-2-7-14(12-8-3-4-9-12)13-10-5-6-11-13/h3-6,8-14H,1-2,7H2. The summed E-state index contributed by atoms with van der Waals surface area (Å²) in [6.45, 7) is 3.97. The van der Waals surface area contributed by atoms with E-state index in [2.05, 4.69) is 55.5 Å². The molecule has 0 aromatic rings. The van der Waals surface area contributed by atoms with E-state index < -0.39 is 0 Å². The molecule has 0 spiro atoms. The average molecular weight is 185 g/mol. The summed E-state index contributed by atoms with van der Waals surface area (Å²) in [5.41, 5.74) is 0. The minimum atomic E-state index is 0.620. The van der Waals surface area contributed by atoms with Crippen LogP contribution in [0.2, 0.25) is 0 Å². The lowest BCUT2D eigenvalue weighted by molar-refractivity contribution is 0.371. The van der Waals surface area contributed by atoms with Crippen molar-refractivity contribution in [3.05, 3.63) is 55.5 Å². The van der Waals surface area contributed by atoms with Gasteiger partial charge in [0.1, 0.15) is 0 Å². The Kier molecular flexibility index (Phi) is 3.03. The molecular weight excluding hydrogens is 168 g/mol. The van der Waals surface area contributed by atoms with E-state index in [1.54, 1.807) is 0 Å². The molecule has 0 heteroatoms. The summed E-state index contributed by atoms with van der Waals surface area (Å²) in [5, 5.41) is 0. The third kappa shape index (κ3) is 1.89. The monoisotopic (exact) mass is 185 g/mol. The molecule has 0 aromatic carbocycles. The van der Waals surface area contributed by atoms with Crippen LogP contribution >= 0.6 is 0 Å². The van der Waals surface area contributed by atoms with Gasteiger partial charge in [-0.05, 0) is 24.2 Å². The Bertz CT molecular complexity index is 239. The number of allylic oxidation sites excluding steroid dienone is 8. The van der Waals surface area contributed by atoms with Gasteiger partial charge in [0.05, 0.1) is 0 Å². The van der Waals surface area contributed by atoms with Crippen LogP contribution in [0, 0.1) is 24.7 Å². The van der Waals surface area contributed by atoms with Crippen LogP contribution in [0.5, 0.6) is 0 Å². The van der Waals surface area contributed by atoms with Crippen LogP contribution in [0.4, 0.5) is 0 Å². The molecule has 0 fully saturated rings. The molecule has 0 aromatic heterocycles. The first-order valence-corrected chi connectivity index (χ1v) is 5.41. The summed E-state index contributed by atoms with van der Waals surface area (Å²) in [4.78, 5) is 0. The van der Waals surface area contributed by atoms with Crippen molar-refractivity contribution in [3.8, 4) is 0 Å². The SMILES string of the molecule is [CH2]CCC(C1C=CC=C1)C1C=CC=C1. The lowest BCUT2D eigenvalue weighted by atomic mass is 9.80. The van der Waals surface area contributed by atoms with Crippen molar-refractivity contribution in [1.29, 1.82) is 0 Å². The number of hydrogen-bond acceptors (Lipinski definition) is 0. The minimum absolute atomic E-state index is 0.620. The Morgan fingerprint density at radius 1 is 0.857 bits per heavy atom. The van der Waals surface area contributed by atoms with E-state index in [4.69, 9.17) is 0 Å². The van der Waals surface area contributed by atoms with Gasteiger partial charge in [-0.25, -0.2) is 0 Å². The molecular formula is C14H17. The first kappa shape index (κ1) is 9.51. The molecule has 0 bridgehead atoms. The molecule has 1 radical (unpaired) electrons. The summed E-state index contributed by atoms with van der Waals surface area (Å²) >= 11 is 0.